The predicted octanol–water partition coefficient (Wildman–Crippen LogP) is 1.30. The molecule has 0 aliphatic carbocycles. The Morgan fingerprint density at radius 3 is 2.72 bits per heavy atom. The molecule has 18 heavy (non-hydrogen) atoms. The third kappa shape index (κ3) is 2.82. The number of nitrogens with two attached hydrogens (primary N) is 1. The van der Waals surface area contributed by atoms with E-state index < -0.39 is 0 Å². The van der Waals surface area contributed by atoms with E-state index in [2.05, 4.69) is 15.3 Å². The second-order valence-electron chi connectivity index (χ2n) is 3.92. The summed E-state index contributed by atoms with van der Waals surface area (Å²) in [5.74, 6) is -0.213. The number of hydrogen-bond acceptors (Lipinski definition) is 4. The van der Waals surface area contributed by atoms with Gasteiger partial charge < -0.3 is 11.1 Å². The second-order valence-corrected chi connectivity index (χ2v) is 3.92. The molecule has 0 bridgehead atoms. The summed E-state index contributed by atoms with van der Waals surface area (Å²) in [4.78, 5) is 20.1. The van der Waals surface area contributed by atoms with Gasteiger partial charge in [0.15, 0.2) is 0 Å². The molecule has 0 unspecified atom stereocenters. The van der Waals surface area contributed by atoms with E-state index in [0.29, 0.717) is 23.5 Å². The van der Waals surface area contributed by atoms with Crippen molar-refractivity contribution in [2.24, 2.45) is 0 Å². The molecule has 0 fully saturated rings. The standard InChI is InChI=1S/C13H14N4O/c1-9-6-16-10(7-15-9)8-17-13(18)11-4-2-3-5-12(11)14/h2-7H,8,14H2,1H3,(H,17,18). The molecule has 0 saturated carbocycles. The molecule has 1 aromatic carbocycles. The van der Waals surface area contributed by atoms with Gasteiger partial charge in [0, 0.05) is 11.9 Å². The van der Waals surface area contributed by atoms with Crippen molar-refractivity contribution in [3.8, 4) is 0 Å². The molecule has 5 nitrogen and oxygen atoms in total. The van der Waals surface area contributed by atoms with E-state index in [4.69, 9.17) is 5.73 Å². The van der Waals surface area contributed by atoms with Gasteiger partial charge in [-0.15, -0.1) is 0 Å². The van der Waals surface area contributed by atoms with E-state index in [1.807, 2.05) is 6.92 Å². The van der Waals surface area contributed by atoms with E-state index in [1.54, 1.807) is 36.7 Å². The van der Waals surface area contributed by atoms with Crippen LogP contribution in [0.2, 0.25) is 0 Å². The van der Waals surface area contributed by atoms with Crippen molar-refractivity contribution in [1.29, 1.82) is 0 Å². The number of amides is 1. The van der Waals surface area contributed by atoms with E-state index in [9.17, 15) is 4.79 Å². The third-order valence-electron chi connectivity index (χ3n) is 2.47. The molecule has 0 radical (unpaired) electrons. The first-order chi connectivity index (χ1) is 8.66. The number of carbonyl (C=O) groups is 1. The molecule has 0 aliphatic rings. The van der Waals surface area contributed by atoms with Crippen LogP contribution in [-0.2, 0) is 6.54 Å². The molecule has 0 aliphatic heterocycles. The monoisotopic (exact) mass is 242 g/mol. The van der Waals surface area contributed by atoms with Gasteiger partial charge >= 0.3 is 0 Å². The lowest BCUT2D eigenvalue weighted by atomic mass is 10.1. The van der Waals surface area contributed by atoms with Gasteiger partial charge in [0.25, 0.3) is 5.91 Å². The van der Waals surface area contributed by atoms with Gasteiger partial charge in [-0.05, 0) is 19.1 Å². The van der Waals surface area contributed by atoms with E-state index in [1.165, 1.54) is 0 Å². The highest BCUT2D eigenvalue weighted by Crippen LogP contribution is 2.10. The molecule has 1 amide bonds. The number of hydrogen-bond donors (Lipinski definition) is 2. The fourth-order valence-electron chi connectivity index (χ4n) is 1.48. The summed E-state index contributed by atoms with van der Waals surface area (Å²) in [6, 6.07) is 6.95. The first-order valence-corrected chi connectivity index (χ1v) is 5.57. The Hall–Kier alpha value is -2.43. The summed E-state index contributed by atoms with van der Waals surface area (Å²) in [5.41, 5.74) is 8.21. The lowest BCUT2D eigenvalue weighted by molar-refractivity contribution is 0.0951. The van der Waals surface area contributed by atoms with Crippen LogP contribution >= 0.6 is 0 Å². The lowest BCUT2D eigenvalue weighted by Gasteiger charge is -2.06. The van der Waals surface area contributed by atoms with Crippen molar-refractivity contribution in [3.63, 3.8) is 0 Å². The largest absolute Gasteiger partial charge is 0.398 e. The fraction of sp³-hybridized carbons (Fsp3) is 0.154. The minimum absolute atomic E-state index is 0.213. The number of aromatic nitrogens is 2. The molecule has 0 spiro atoms. The van der Waals surface area contributed by atoms with Gasteiger partial charge in [-0.1, -0.05) is 12.1 Å². The summed E-state index contributed by atoms with van der Waals surface area (Å²) in [7, 11) is 0. The Labute approximate surface area is 105 Å². The fourth-order valence-corrected chi connectivity index (χ4v) is 1.48. The number of aryl methyl sites for hydroxylation is 1. The lowest BCUT2D eigenvalue weighted by Crippen LogP contribution is -2.24. The molecular formula is C13H14N4O. The average molecular weight is 242 g/mol. The molecule has 1 heterocycles. The summed E-state index contributed by atoms with van der Waals surface area (Å²) in [5, 5.41) is 2.75. The molecule has 2 rings (SSSR count). The number of nitrogen functional groups attached to an aromatic ring is 1. The topological polar surface area (TPSA) is 80.9 Å². The Bertz CT molecular complexity index is 551. The van der Waals surface area contributed by atoms with Crippen LogP contribution in [0.3, 0.4) is 0 Å². The highest BCUT2D eigenvalue weighted by atomic mass is 16.1. The van der Waals surface area contributed by atoms with E-state index in [0.717, 1.165) is 5.69 Å². The highest BCUT2D eigenvalue weighted by Gasteiger charge is 2.08. The molecule has 3 N–H and O–H groups in total. The highest BCUT2D eigenvalue weighted by molar-refractivity contribution is 5.98. The van der Waals surface area contributed by atoms with Gasteiger partial charge in [-0.25, -0.2) is 0 Å². The van der Waals surface area contributed by atoms with Crippen LogP contribution in [0.25, 0.3) is 0 Å². The van der Waals surface area contributed by atoms with Crippen LogP contribution in [0.1, 0.15) is 21.7 Å². The molecule has 0 saturated heterocycles. The molecule has 92 valence electrons. The summed E-state index contributed by atoms with van der Waals surface area (Å²) >= 11 is 0. The Balaban J connectivity index is 2.01. The van der Waals surface area contributed by atoms with Crippen molar-refractivity contribution in [3.05, 3.63) is 53.6 Å². The van der Waals surface area contributed by atoms with Crippen molar-refractivity contribution in [2.45, 2.75) is 13.5 Å². The first-order valence-electron chi connectivity index (χ1n) is 5.57. The Morgan fingerprint density at radius 2 is 2.06 bits per heavy atom. The smallest absolute Gasteiger partial charge is 0.253 e. The molecule has 5 heteroatoms. The molecule has 1 aromatic heterocycles. The first kappa shape index (κ1) is 12.0. The summed E-state index contributed by atoms with van der Waals surface area (Å²) in [6.45, 7) is 2.19. The predicted molar refractivity (Wildman–Crippen MR) is 68.8 cm³/mol. The quantitative estimate of drug-likeness (QED) is 0.795. The zero-order valence-electron chi connectivity index (χ0n) is 10.1. The third-order valence-corrected chi connectivity index (χ3v) is 2.47. The molecular weight excluding hydrogens is 228 g/mol. The van der Waals surface area contributed by atoms with Crippen LogP contribution in [-0.4, -0.2) is 15.9 Å². The van der Waals surface area contributed by atoms with Gasteiger partial charge in [0.1, 0.15) is 0 Å². The number of benzene rings is 1. The van der Waals surface area contributed by atoms with Gasteiger partial charge in [-0.2, -0.15) is 0 Å². The second kappa shape index (κ2) is 5.27. The number of carbonyl (C=O) groups excluding carboxylic acids is 1. The minimum atomic E-state index is -0.213. The van der Waals surface area contributed by atoms with Gasteiger partial charge in [-0.3, -0.25) is 14.8 Å². The zero-order valence-corrected chi connectivity index (χ0v) is 10.1. The number of nitrogens with zero attached hydrogens (tertiary/aromatic N) is 2. The Morgan fingerprint density at radius 1 is 1.28 bits per heavy atom. The van der Waals surface area contributed by atoms with Crippen molar-refractivity contribution < 1.29 is 4.79 Å². The summed E-state index contributed by atoms with van der Waals surface area (Å²) < 4.78 is 0. The number of rotatable bonds is 3. The maximum atomic E-state index is 11.9. The van der Waals surface area contributed by atoms with Crippen LogP contribution in [0.4, 0.5) is 5.69 Å². The van der Waals surface area contributed by atoms with Gasteiger partial charge in [0.2, 0.25) is 0 Å². The minimum Gasteiger partial charge on any atom is -0.398 e. The van der Waals surface area contributed by atoms with Crippen molar-refractivity contribution in [1.82, 2.24) is 15.3 Å². The SMILES string of the molecule is Cc1cnc(CNC(=O)c2ccccc2N)cn1. The molecule has 2 aromatic rings. The van der Waals surface area contributed by atoms with Crippen LogP contribution in [0.15, 0.2) is 36.7 Å². The van der Waals surface area contributed by atoms with Crippen molar-refractivity contribution >= 4 is 11.6 Å². The maximum Gasteiger partial charge on any atom is 0.253 e. The average Bonchev–Trinajstić information content (AvgIpc) is 2.38. The summed E-state index contributed by atoms with van der Waals surface area (Å²) in [6.07, 6.45) is 3.31. The van der Waals surface area contributed by atoms with Crippen LogP contribution < -0.4 is 11.1 Å². The number of nitrogens with one attached hydrogen (secondary N) is 1. The van der Waals surface area contributed by atoms with Crippen LogP contribution in [0, 0.1) is 6.92 Å². The number of para-hydroxylation sites is 1. The van der Waals surface area contributed by atoms with E-state index >= 15 is 0 Å². The van der Waals surface area contributed by atoms with Crippen LogP contribution in [0.5, 0.6) is 0 Å². The van der Waals surface area contributed by atoms with Gasteiger partial charge in [0.05, 0.1) is 29.7 Å². The normalized spacial score (nSPS) is 10.1. The zero-order chi connectivity index (χ0) is 13.0. The van der Waals surface area contributed by atoms with Crippen molar-refractivity contribution in [2.75, 3.05) is 5.73 Å². The number of anilines is 1. The Kier molecular flexibility index (Phi) is 3.52. The maximum absolute atomic E-state index is 11.9. The van der Waals surface area contributed by atoms with E-state index in [-0.39, 0.29) is 5.91 Å². The molecule has 0 atom stereocenters.